The van der Waals surface area contributed by atoms with E-state index in [2.05, 4.69) is 15.0 Å². The van der Waals surface area contributed by atoms with E-state index in [0.29, 0.717) is 6.54 Å². The van der Waals surface area contributed by atoms with Gasteiger partial charge in [0.25, 0.3) is 0 Å². The van der Waals surface area contributed by atoms with E-state index in [0.717, 1.165) is 16.7 Å². The molecule has 0 atom stereocenters. The van der Waals surface area contributed by atoms with Crippen molar-refractivity contribution < 1.29 is 18.8 Å². The van der Waals surface area contributed by atoms with Crippen molar-refractivity contribution in [3.63, 3.8) is 0 Å². The van der Waals surface area contributed by atoms with Gasteiger partial charge < -0.3 is 19.4 Å². The molecule has 1 aliphatic heterocycles. The number of nitrogens with one attached hydrogen (secondary N) is 1. The molecule has 1 fully saturated rings. The maximum Gasteiger partial charge on any atom is 0.496 e. The molecule has 1 saturated heterocycles. The summed E-state index contributed by atoms with van der Waals surface area (Å²) in [7, 11) is 0.898. The maximum absolute atomic E-state index is 11.1. The van der Waals surface area contributed by atoms with Crippen LogP contribution in [0.4, 0.5) is 4.79 Å². The van der Waals surface area contributed by atoms with Gasteiger partial charge in [-0.2, -0.15) is 0 Å². The Hall–Kier alpha value is -1.60. The SMILES string of the molecule is COC(=O)NCc1cc(C)c(B2OC(C)(C)C(C)(C)O2)cn1. The number of carbonyl (C=O) groups is 1. The van der Waals surface area contributed by atoms with Crippen LogP contribution in [0.15, 0.2) is 12.3 Å². The van der Waals surface area contributed by atoms with Crippen LogP contribution in [-0.2, 0) is 20.6 Å². The molecule has 7 heteroatoms. The molecule has 2 rings (SSSR count). The summed E-state index contributed by atoms with van der Waals surface area (Å²) in [4.78, 5) is 15.4. The van der Waals surface area contributed by atoms with Gasteiger partial charge in [0.1, 0.15) is 0 Å². The van der Waals surface area contributed by atoms with Crippen LogP contribution < -0.4 is 10.8 Å². The van der Waals surface area contributed by atoms with Gasteiger partial charge in [-0.3, -0.25) is 4.98 Å². The van der Waals surface area contributed by atoms with Crippen molar-refractivity contribution in [3.05, 3.63) is 23.5 Å². The second-order valence-corrected chi connectivity index (χ2v) is 6.47. The molecule has 2 heterocycles. The number of aryl methyl sites for hydroxylation is 1. The Morgan fingerprint density at radius 2 is 1.91 bits per heavy atom. The van der Waals surface area contributed by atoms with E-state index in [9.17, 15) is 4.79 Å². The van der Waals surface area contributed by atoms with Crippen molar-refractivity contribution in [1.29, 1.82) is 0 Å². The Labute approximate surface area is 131 Å². The molecule has 0 aliphatic carbocycles. The Morgan fingerprint density at radius 1 is 1.32 bits per heavy atom. The van der Waals surface area contributed by atoms with Gasteiger partial charge in [-0.1, -0.05) is 0 Å². The minimum Gasteiger partial charge on any atom is -0.453 e. The molecule has 6 nitrogen and oxygen atoms in total. The maximum atomic E-state index is 11.1. The van der Waals surface area contributed by atoms with Gasteiger partial charge in [-0.05, 0) is 46.2 Å². The molecule has 22 heavy (non-hydrogen) atoms. The van der Waals surface area contributed by atoms with Crippen LogP contribution in [0.5, 0.6) is 0 Å². The van der Waals surface area contributed by atoms with Crippen LogP contribution in [0.3, 0.4) is 0 Å². The van der Waals surface area contributed by atoms with Crippen molar-refractivity contribution in [3.8, 4) is 0 Å². The largest absolute Gasteiger partial charge is 0.496 e. The third-order valence-electron chi connectivity index (χ3n) is 4.31. The van der Waals surface area contributed by atoms with Crippen molar-refractivity contribution in [1.82, 2.24) is 10.3 Å². The standard InChI is InChI=1S/C15H23BN2O4/c1-10-7-11(8-18-13(19)20-6)17-9-12(10)16-21-14(2,3)15(4,5)22-16/h7,9H,8H2,1-6H3,(H,18,19). The first-order chi connectivity index (χ1) is 10.2. The number of rotatable bonds is 3. The normalized spacial score (nSPS) is 19.1. The average Bonchev–Trinajstić information content (AvgIpc) is 2.64. The first-order valence-corrected chi connectivity index (χ1v) is 7.29. The molecule has 0 saturated carbocycles. The summed E-state index contributed by atoms with van der Waals surface area (Å²) >= 11 is 0. The summed E-state index contributed by atoms with van der Waals surface area (Å²) < 4.78 is 16.6. The van der Waals surface area contributed by atoms with Gasteiger partial charge in [-0.15, -0.1) is 0 Å². The molecule has 0 bridgehead atoms. The summed E-state index contributed by atoms with van der Waals surface area (Å²) in [6.07, 6.45) is 1.26. The van der Waals surface area contributed by atoms with E-state index in [1.807, 2.05) is 40.7 Å². The van der Waals surface area contributed by atoms with Crippen molar-refractivity contribution in [2.24, 2.45) is 0 Å². The number of nitrogens with zero attached hydrogens (tertiary/aromatic N) is 1. The number of hydrogen-bond acceptors (Lipinski definition) is 5. The summed E-state index contributed by atoms with van der Waals surface area (Å²) in [6.45, 7) is 10.4. The molecule has 1 aliphatic rings. The molecular formula is C15H23BN2O4. The fraction of sp³-hybridized carbons (Fsp3) is 0.600. The number of alkyl carbamates (subject to hydrolysis) is 1. The van der Waals surface area contributed by atoms with E-state index in [4.69, 9.17) is 9.31 Å². The molecule has 0 spiro atoms. The van der Waals surface area contributed by atoms with Crippen LogP contribution in [0, 0.1) is 6.92 Å². The molecule has 1 N–H and O–H groups in total. The van der Waals surface area contributed by atoms with Gasteiger partial charge in [0.2, 0.25) is 0 Å². The zero-order valence-electron chi connectivity index (χ0n) is 14.0. The summed E-state index contributed by atoms with van der Waals surface area (Å²) in [5, 5.41) is 2.60. The molecule has 120 valence electrons. The Bertz CT molecular complexity index is 559. The van der Waals surface area contributed by atoms with E-state index < -0.39 is 13.2 Å². The van der Waals surface area contributed by atoms with Gasteiger partial charge in [0.15, 0.2) is 0 Å². The Morgan fingerprint density at radius 3 is 2.41 bits per heavy atom. The van der Waals surface area contributed by atoms with Gasteiger partial charge in [0, 0.05) is 11.7 Å². The molecular weight excluding hydrogens is 283 g/mol. The van der Waals surface area contributed by atoms with Crippen molar-refractivity contribution in [2.45, 2.75) is 52.4 Å². The Balaban J connectivity index is 2.13. The monoisotopic (exact) mass is 306 g/mol. The highest BCUT2D eigenvalue weighted by atomic mass is 16.7. The Kier molecular flexibility index (Phi) is 4.49. The summed E-state index contributed by atoms with van der Waals surface area (Å²) in [5.74, 6) is 0. The minimum atomic E-state index is -0.477. The van der Waals surface area contributed by atoms with E-state index in [1.54, 1.807) is 6.20 Å². The third kappa shape index (κ3) is 3.25. The van der Waals surface area contributed by atoms with E-state index in [-0.39, 0.29) is 11.2 Å². The number of hydrogen-bond donors (Lipinski definition) is 1. The number of methoxy groups -OCH3 is 1. The summed E-state index contributed by atoms with van der Waals surface area (Å²) in [5.41, 5.74) is 1.91. The van der Waals surface area contributed by atoms with Crippen molar-refractivity contribution in [2.75, 3.05) is 7.11 Å². The highest BCUT2D eigenvalue weighted by molar-refractivity contribution is 6.62. The number of ether oxygens (including phenoxy) is 1. The van der Waals surface area contributed by atoms with Crippen LogP contribution in [0.25, 0.3) is 0 Å². The lowest BCUT2D eigenvalue weighted by molar-refractivity contribution is 0.00578. The van der Waals surface area contributed by atoms with Crippen molar-refractivity contribution >= 4 is 18.7 Å². The molecule has 0 unspecified atom stereocenters. The zero-order chi connectivity index (χ0) is 16.5. The molecule has 1 aromatic heterocycles. The average molecular weight is 306 g/mol. The zero-order valence-corrected chi connectivity index (χ0v) is 14.0. The lowest BCUT2D eigenvalue weighted by Gasteiger charge is -2.32. The highest BCUT2D eigenvalue weighted by Gasteiger charge is 2.52. The fourth-order valence-corrected chi connectivity index (χ4v) is 2.17. The second kappa shape index (κ2) is 5.89. The molecule has 0 radical (unpaired) electrons. The predicted octanol–water partition coefficient (Wildman–Crippen LogP) is 1.55. The molecule has 1 amide bonds. The van der Waals surface area contributed by atoms with Gasteiger partial charge in [0.05, 0.1) is 30.6 Å². The smallest absolute Gasteiger partial charge is 0.453 e. The van der Waals surface area contributed by atoms with Crippen LogP contribution >= 0.6 is 0 Å². The number of pyridine rings is 1. The quantitative estimate of drug-likeness (QED) is 0.858. The topological polar surface area (TPSA) is 69.7 Å². The second-order valence-electron chi connectivity index (χ2n) is 6.47. The van der Waals surface area contributed by atoms with Gasteiger partial charge in [-0.25, -0.2) is 4.79 Å². The first kappa shape index (κ1) is 16.8. The first-order valence-electron chi connectivity index (χ1n) is 7.29. The van der Waals surface area contributed by atoms with Gasteiger partial charge >= 0.3 is 13.2 Å². The van der Waals surface area contributed by atoms with Crippen LogP contribution in [0.1, 0.15) is 39.0 Å². The van der Waals surface area contributed by atoms with E-state index >= 15 is 0 Å². The highest BCUT2D eigenvalue weighted by Crippen LogP contribution is 2.36. The lowest BCUT2D eigenvalue weighted by Crippen LogP contribution is -2.41. The minimum absolute atomic E-state index is 0.317. The summed E-state index contributed by atoms with van der Waals surface area (Å²) in [6, 6.07) is 1.91. The fourth-order valence-electron chi connectivity index (χ4n) is 2.17. The predicted molar refractivity (Wildman–Crippen MR) is 83.9 cm³/mol. The number of aromatic nitrogens is 1. The van der Waals surface area contributed by atoms with Crippen LogP contribution in [0.2, 0.25) is 0 Å². The number of amides is 1. The van der Waals surface area contributed by atoms with E-state index in [1.165, 1.54) is 7.11 Å². The molecule has 1 aromatic rings. The van der Waals surface area contributed by atoms with Crippen LogP contribution in [-0.4, -0.2) is 36.5 Å². The lowest BCUT2D eigenvalue weighted by atomic mass is 9.77. The third-order valence-corrected chi connectivity index (χ3v) is 4.31. The number of carbonyl (C=O) groups excluding carboxylic acids is 1. The molecule has 0 aromatic carbocycles.